The first kappa shape index (κ1) is 19.5. The zero-order valence-corrected chi connectivity index (χ0v) is 17.2. The van der Waals surface area contributed by atoms with Crippen LogP contribution < -0.4 is 5.32 Å². The van der Waals surface area contributed by atoms with Gasteiger partial charge in [0.25, 0.3) is 0 Å². The lowest BCUT2D eigenvalue weighted by Crippen LogP contribution is -2.42. The van der Waals surface area contributed by atoms with Gasteiger partial charge in [0.1, 0.15) is 5.82 Å². The van der Waals surface area contributed by atoms with Gasteiger partial charge in [-0.1, -0.05) is 0 Å². The first-order valence-corrected chi connectivity index (χ1v) is 8.80. The summed E-state index contributed by atoms with van der Waals surface area (Å²) in [7, 11) is 3.95. The molecule has 24 heavy (non-hydrogen) atoms. The number of imidazole rings is 1. The Morgan fingerprint density at radius 3 is 3.08 bits per heavy atom. The first-order valence-electron chi connectivity index (χ1n) is 8.80. The van der Waals surface area contributed by atoms with E-state index in [-0.39, 0.29) is 24.0 Å². The zero-order chi connectivity index (χ0) is 16.1. The lowest BCUT2D eigenvalue weighted by Gasteiger charge is -2.24. The van der Waals surface area contributed by atoms with E-state index in [1.807, 2.05) is 7.05 Å². The summed E-state index contributed by atoms with van der Waals surface area (Å²) < 4.78 is 7.77. The van der Waals surface area contributed by atoms with E-state index in [0.717, 1.165) is 58.1 Å². The highest BCUT2D eigenvalue weighted by Crippen LogP contribution is 2.15. The van der Waals surface area contributed by atoms with Gasteiger partial charge in [-0.15, -0.1) is 24.0 Å². The normalized spacial score (nSPS) is 20.4. The molecule has 0 aromatic carbocycles. The molecule has 136 valence electrons. The molecule has 6 nitrogen and oxygen atoms in total. The van der Waals surface area contributed by atoms with Gasteiger partial charge in [-0.2, -0.15) is 0 Å². The van der Waals surface area contributed by atoms with Crippen molar-refractivity contribution in [2.45, 2.75) is 38.6 Å². The Morgan fingerprint density at radius 2 is 2.38 bits per heavy atom. The summed E-state index contributed by atoms with van der Waals surface area (Å²) >= 11 is 0. The fraction of sp³-hybridized carbons (Fsp3) is 0.765. The average Bonchev–Trinajstić information content (AvgIpc) is 3.20. The quantitative estimate of drug-likeness (QED) is 0.426. The molecule has 7 heteroatoms. The van der Waals surface area contributed by atoms with Crippen LogP contribution in [-0.4, -0.2) is 60.8 Å². The highest BCUT2D eigenvalue weighted by molar-refractivity contribution is 14.0. The number of aryl methyl sites for hydroxylation is 2. The predicted octanol–water partition coefficient (Wildman–Crippen LogP) is 1.92. The standard InChI is InChI=1S/C17H29N5O.HI/c1-18-17(21(2)11-14-7-10-23-13-14)19-8-6-15-12-22-9-4-3-5-16(22)20-15;/h12,14H,3-11,13H2,1-2H3,(H,18,19);1H. The minimum absolute atomic E-state index is 0. The summed E-state index contributed by atoms with van der Waals surface area (Å²) in [5, 5.41) is 3.46. The van der Waals surface area contributed by atoms with Gasteiger partial charge in [0.15, 0.2) is 5.96 Å². The van der Waals surface area contributed by atoms with Crippen molar-refractivity contribution in [3.63, 3.8) is 0 Å². The summed E-state index contributed by atoms with van der Waals surface area (Å²) in [5.74, 6) is 2.84. The number of guanidine groups is 1. The Hall–Kier alpha value is -0.830. The largest absolute Gasteiger partial charge is 0.381 e. The summed E-state index contributed by atoms with van der Waals surface area (Å²) in [4.78, 5) is 11.4. The Labute approximate surface area is 162 Å². The van der Waals surface area contributed by atoms with Gasteiger partial charge in [0, 0.05) is 65.3 Å². The van der Waals surface area contributed by atoms with Gasteiger partial charge >= 0.3 is 0 Å². The maximum atomic E-state index is 5.45. The van der Waals surface area contributed by atoms with Crippen LogP contribution in [0.3, 0.4) is 0 Å². The number of nitrogens with one attached hydrogen (secondary N) is 1. The molecule has 0 radical (unpaired) electrons. The van der Waals surface area contributed by atoms with E-state index in [0.29, 0.717) is 5.92 Å². The molecule has 0 aliphatic carbocycles. The summed E-state index contributed by atoms with van der Waals surface area (Å²) in [6.45, 7) is 4.77. The van der Waals surface area contributed by atoms with E-state index >= 15 is 0 Å². The fourth-order valence-electron chi connectivity index (χ4n) is 3.48. The molecule has 2 aliphatic rings. The second kappa shape index (κ2) is 9.60. The second-order valence-corrected chi connectivity index (χ2v) is 6.63. The Bertz CT molecular complexity index is 516. The molecule has 1 fully saturated rings. The topological polar surface area (TPSA) is 54.7 Å². The highest BCUT2D eigenvalue weighted by atomic mass is 127. The van der Waals surface area contributed by atoms with Crippen LogP contribution in [0.4, 0.5) is 0 Å². The third-order valence-corrected chi connectivity index (χ3v) is 4.75. The van der Waals surface area contributed by atoms with Crippen LogP contribution >= 0.6 is 24.0 Å². The average molecular weight is 447 g/mol. The molecule has 1 aromatic rings. The Morgan fingerprint density at radius 1 is 1.50 bits per heavy atom. The predicted molar refractivity (Wildman–Crippen MR) is 107 cm³/mol. The van der Waals surface area contributed by atoms with Gasteiger partial charge in [0.05, 0.1) is 12.3 Å². The molecule has 1 atom stereocenters. The number of hydrogen-bond donors (Lipinski definition) is 1. The molecular formula is C17H30IN5O. The van der Waals surface area contributed by atoms with Crippen LogP contribution in [0.5, 0.6) is 0 Å². The Kier molecular flexibility index (Phi) is 7.80. The third kappa shape index (κ3) is 5.08. The van der Waals surface area contributed by atoms with Crippen LogP contribution in [0, 0.1) is 5.92 Å². The summed E-state index contributed by atoms with van der Waals surface area (Å²) in [6.07, 6.45) is 8.00. The van der Waals surface area contributed by atoms with Crippen LogP contribution in [0.1, 0.15) is 30.8 Å². The van der Waals surface area contributed by atoms with Gasteiger partial charge in [-0.05, 0) is 19.3 Å². The van der Waals surface area contributed by atoms with E-state index in [1.54, 1.807) is 0 Å². The molecule has 1 N–H and O–H groups in total. The van der Waals surface area contributed by atoms with Gasteiger partial charge in [-0.25, -0.2) is 4.98 Å². The van der Waals surface area contributed by atoms with Gasteiger partial charge in [0.2, 0.25) is 0 Å². The number of halogens is 1. The molecule has 0 bridgehead atoms. The van der Waals surface area contributed by atoms with E-state index < -0.39 is 0 Å². The highest BCUT2D eigenvalue weighted by Gasteiger charge is 2.19. The fourth-order valence-corrected chi connectivity index (χ4v) is 3.48. The number of rotatable bonds is 5. The van der Waals surface area contributed by atoms with Crippen molar-refractivity contribution in [1.29, 1.82) is 0 Å². The smallest absolute Gasteiger partial charge is 0.193 e. The number of hydrogen-bond acceptors (Lipinski definition) is 3. The molecule has 1 unspecified atom stereocenters. The molecule has 1 saturated heterocycles. The molecule has 3 rings (SSSR count). The zero-order valence-electron chi connectivity index (χ0n) is 14.8. The van der Waals surface area contributed by atoms with E-state index in [2.05, 4.69) is 33.0 Å². The lowest BCUT2D eigenvalue weighted by atomic mass is 10.1. The van der Waals surface area contributed by atoms with Crippen molar-refractivity contribution >= 4 is 29.9 Å². The monoisotopic (exact) mass is 447 g/mol. The third-order valence-electron chi connectivity index (χ3n) is 4.75. The molecule has 3 heterocycles. The number of aromatic nitrogens is 2. The molecule has 2 aliphatic heterocycles. The summed E-state index contributed by atoms with van der Waals surface area (Å²) in [5.41, 5.74) is 1.19. The van der Waals surface area contributed by atoms with Gasteiger partial charge in [-0.3, -0.25) is 4.99 Å². The van der Waals surface area contributed by atoms with Crippen molar-refractivity contribution in [1.82, 2.24) is 19.8 Å². The molecule has 0 amide bonds. The molecule has 0 spiro atoms. The molecule has 1 aromatic heterocycles. The second-order valence-electron chi connectivity index (χ2n) is 6.63. The summed E-state index contributed by atoms with van der Waals surface area (Å²) in [6, 6.07) is 0. The van der Waals surface area contributed by atoms with Crippen molar-refractivity contribution < 1.29 is 4.74 Å². The number of nitrogens with zero attached hydrogens (tertiary/aromatic N) is 4. The number of ether oxygens (including phenoxy) is 1. The lowest BCUT2D eigenvalue weighted by molar-refractivity contribution is 0.181. The number of fused-ring (bicyclic) bond motifs is 1. The first-order chi connectivity index (χ1) is 11.3. The van der Waals surface area contributed by atoms with Gasteiger partial charge < -0.3 is 19.5 Å². The van der Waals surface area contributed by atoms with Crippen molar-refractivity contribution in [2.24, 2.45) is 10.9 Å². The van der Waals surface area contributed by atoms with Crippen molar-refractivity contribution in [2.75, 3.05) is 40.4 Å². The maximum Gasteiger partial charge on any atom is 0.193 e. The number of aliphatic imine (C=N–C) groups is 1. The van der Waals surface area contributed by atoms with E-state index in [9.17, 15) is 0 Å². The van der Waals surface area contributed by atoms with Crippen molar-refractivity contribution in [3.8, 4) is 0 Å². The molecule has 0 saturated carbocycles. The van der Waals surface area contributed by atoms with Crippen LogP contribution in [0.25, 0.3) is 0 Å². The minimum Gasteiger partial charge on any atom is -0.381 e. The van der Waals surface area contributed by atoms with Crippen LogP contribution in [-0.2, 0) is 24.1 Å². The SMILES string of the molecule is CN=C(NCCc1cn2c(n1)CCCC2)N(C)CC1CCOC1.I. The van der Waals surface area contributed by atoms with Crippen LogP contribution in [0.15, 0.2) is 11.2 Å². The van der Waals surface area contributed by atoms with Crippen LogP contribution in [0.2, 0.25) is 0 Å². The molecular weight excluding hydrogens is 417 g/mol. The van der Waals surface area contributed by atoms with E-state index in [1.165, 1.54) is 24.4 Å². The van der Waals surface area contributed by atoms with E-state index in [4.69, 9.17) is 9.72 Å². The van der Waals surface area contributed by atoms with Crippen molar-refractivity contribution in [3.05, 3.63) is 17.7 Å². The Balaban J connectivity index is 0.00000208. The minimum atomic E-state index is 0. The maximum absolute atomic E-state index is 5.45.